The summed E-state index contributed by atoms with van der Waals surface area (Å²) in [5, 5.41) is 18.8. The molecule has 0 aliphatic rings. The van der Waals surface area contributed by atoms with Gasteiger partial charge in [0.05, 0.1) is 17.9 Å². The van der Waals surface area contributed by atoms with Crippen LogP contribution in [0.25, 0.3) is 4.96 Å². The SMILES string of the molecule is CC(C)c1c(C(=O)O)nnn1Cc1cn2ccsc2n1. The molecule has 3 aromatic heterocycles. The van der Waals surface area contributed by atoms with Crippen LogP contribution in [0.15, 0.2) is 17.8 Å². The molecule has 0 unspecified atom stereocenters. The molecule has 104 valence electrons. The van der Waals surface area contributed by atoms with E-state index in [1.54, 1.807) is 16.0 Å². The Morgan fingerprint density at radius 3 is 2.95 bits per heavy atom. The molecule has 0 saturated heterocycles. The van der Waals surface area contributed by atoms with E-state index in [4.69, 9.17) is 5.11 Å². The van der Waals surface area contributed by atoms with Gasteiger partial charge in [-0.1, -0.05) is 19.1 Å². The standard InChI is InChI=1S/C12H13N5O2S/c1-7(2)10-9(11(18)19)14-15-17(10)6-8-5-16-3-4-20-12(16)13-8/h3-5,7H,6H2,1-2H3,(H,18,19). The van der Waals surface area contributed by atoms with Crippen molar-refractivity contribution < 1.29 is 9.90 Å². The molecule has 1 N–H and O–H groups in total. The molecule has 20 heavy (non-hydrogen) atoms. The molecule has 0 radical (unpaired) electrons. The molecule has 0 atom stereocenters. The Labute approximate surface area is 118 Å². The second-order valence-electron chi connectivity index (χ2n) is 4.77. The highest BCUT2D eigenvalue weighted by Crippen LogP contribution is 2.19. The molecule has 3 heterocycles. The van der Waals surface area contributed by atoms with Crippen LogP contribution in [0, 0.1) is 0 Å². The number of hydrogen-bond acceptors (Lipinski definition) is 5. The highest BCUT2D eigenvalue weighted by Gasteiger charge is 2.22. The monoisotopic (exact) mass is 291 g/mol. The van der Waals surface area contributed by atoms with E-state index in [1.165, 1.54) is 0 Å². The Morgan fingerprint density at radius 1 is 1.50 bits per heavy atom. The fourth-order valence-electron chi connectivity index (χ4n) is 2.17. The third kappa shape index (κ3) is 2.07. The first kappa shape index (κ1) is 12.8. The first-order valence-electron chi connectivity index (χ1n) is 6.14. The zero-order valence-corrected chi connectivity index (χ0v) is 11.8. The van der Waals surface area contributed by atoms with E-state index in [1.807, 2.05) is 36.0 Å². The lowest BCUT2D eigenvalue weighted by atomic mass is 10.1. The number of hydrogen-bond donors (Lipinski definition) is 1. The molecular weight excluding hydrogens is 278 g/mol. The second-order valence-corrected chi connectivity index (χ2v) is 5.64. The van der Waals surface area contributed by atoms with Gasteiger partial charge in [0.2, 0.25) is 0 Å². The van der Waals surface area contributed by atoms with Crippen LogP contribution in [-0.4, -0.2) is 35.5 Å². The van der Waals surface area contributed by atoms with Crippen molar-refractivity contribution in [3.05, 3.63) is 34.9 Å². The Hall–Kier alpha value is -2.22. The highest BCUT2D eigenvalue weighted by atomic mass is 32.1. The minimum absolute atomic E-state index is 0.0148. The van der Waals surface area contributed by atoms with Gasteiger partial charge >= 0.3 is 5.97 Å². The Bertz CT molecular complexity index is 741. The molecule has 3 aromatic rings. The highest BCUT2D eigenvalue weighted by molar-refractivity contribution is 7.15. The van der Waals surface area contributed by atoms with E-state index in [0.29, 0.717) is 12.2 Å². The quantitative estimate of drug-likeness (QED) is 0.793. The van der Waals surface area contributed by atoms with Crippen LogP contribution in [0.4, 0.5) is 0 Å². The van der Waals surface area contributed by atoms with Gasteiger partial charge in [0.15, 0.2) is 10.7 Å². The van der Waals surface area contributed by atoms with Crippen molar-refractivity contribution in [2.45, 2.75) is 26.3 Å². The van der Waals surface area contributed by atoms with Gasteiger partial charge in [0.25, 0.3) is 0 Å². The van der Waals surface area contributed by atoms with E-state index in [0.717, 1.165) is 10.7 Å². The maximum Gasteiger partial charge on any atom is 0.358 e. The number of carboxylic acids is 1. The lowest BCUT2D eigenvalue weighted by Crippen LogP contribution is -2.11. The minimum atomic E-state index is -1.05. The maximum atomic E-state index is 11.2. The van der Waals surface area contributed by atoms with Gasteiger partial charge in [-0.05, 0) is 5.92 Å². The van der Waals surface area contributed by atoms with E-state index in [9.17, 15) is 4.79 Å². The van der Waals surface area contributed by atoms with Gasteiger partial charge in [-0.25, -0.2) is 14.5 Å². The van der Waals surface area contributed by atoms with E-state index in [-0.39, 0.29) is 11.6 Å². The summed E-state index contributed by atoms with van der Waals surface area (Å²) in [6, 6.07) is 0. The molecule has 7 nitrogen and oxygen atoms in total. The summed E-state index contributed by atoms with van der Waals surface area (Å²) in [5.74, 6) is -1.02. The predicted molar refractivity (Wildman–Crippen MR) is 73.2 cm³/mol. The topological polar surface area (TPSA) is 85.3 Å². The number of carbonyl (C=O) groups is 1. The third-order valence-corrected chi connectivity index (χ3v) is 3.75. The summed E-state index contributed by atoms with van der Waals surface area (Å²) in [6.45, 7) is 4.27. The van der Waals surface area contributed by atoms with E-state index >= 15 is 0 Å². The summed E-state index contributed by atoms with van der Waals surface area (Å²) in [7, 11) is 0. The van der Waals surface area contributed by atoms with Crippen molar-refractivity contribution >= 4 is 22.3 Å². The largest absolute Gasteiger partial charge is 0.476 e. The number of thiazole rings is 1. The van der Waals surface area contributed by atoms with Crippen LogP contribution < -0.4 is 0 Å². The van der Waals surface area contributed by atoms with Crippen LogP contribution in [0.1, 0.15) is 41.6 Å². The van der Waals surface area contributed by atoms with Crippen LogP contribution in [0.2, 0.25) is 0 Å². The minimum Gasteiger partial charge on any atom is -0.476 e. The number of rotatable bonds is 4. The van der Waals surface area contributed by atoms with Gasteiger partial charge in [0.1, 0.15) is 0 Å². The van der Waals surface area contributed by atoms with Crippen LogP contribution >= 0.6 is 11.3 Å². The van der Waals surface area contributed by atoms with Crippen LogP contribution in [0.3, 0.4) is 0 Å². The normalized spacial score (nSPS) is 11.6. The van der Waals surface area contributed by atoms with Crippen LogP contribution in [0.5, 0.6) is 0 Å². The van der Waals surface area contributed by atoms with Gasteiger partial charge in [-0.2, -0.15) is 0 Å². The number of nitrogens with zero attached hydrogens (tertiary/aromatic N) is 5. The van der Waals surface area contributed by atoms with Crippen molar-refractivity contribution in [2.24, 2.45) is 0 Å². The first-order chi connectivity index (χ1) is 9.56. The molecule has 0 amide bonds. The molecule has 0 saturated carbocycles. The lowest BCUT2D eigenvalue weighted by Gasteiger charge is -2.08. The number of aromatic nitrogens is 5. The van der Waals surface area contributed by atoms with Gasteiger partial charge in [-0.15, -0.1) is 16.4 Å². The Balaban J connectivity index is 1.98. The summed E-state index contributed by atoms with van der Waals surface area (Å²) < 4.78 is 3.55. The second kappa shape index (κ2) is 4.71. The molecule has 0 aliphatic heterocycles. The van der Waals surface area contributed by atoms with Crippen molar-refractivity contribution in [1.29, 1.82) is 0 Å². The fraction of sp³-hybridized carbons (Fsp3) is 0.333. The molecule has 0 aromatic carbocycles. The number of imidazole rings is 1. The van der Waals surface area contributed by atoms with E-state index in [2.05, 4.69) is 15.3 Å². The first-order valence-corrected chi connectivity index (χ1v) is 7.02. The van der Waals surface area contributed by atoms with Crippen molar-refractivity contribution in [3.63, 3.8) is 0 Å². The summed E-state index contributed by atoms with van der Waals surface area (Å²) in [4.78, 5) is 16.5. The predicted octanol–water partition coefficient (Wildman–Crippen LogP) is 1.86. The Morgan fingerprint density at radius 2 is 2.30 bits per heavy atom. The summed E-state index contributed by atoms with van der Waals surface area (Å²) >= 11 is 1.55. The zero-order chi connectivity index (χ0) is 14.3. The molecule has 0 fully saturated rings. The van der Waals surface area contributed by atoms with Crippen molar-refractivity contribution in [2.75, 3.05) is 0 Å². The van der Waals surface area contributed by atoms with Crippen LogP contribution in [-0.2, 0) is 6.54 Å². The fourth-order valence-corrected chi connectivity index (χ4v) is 2.89. The van der Waals surface area contributed by atoms with Gasteiger partial charge in [0, 0.05) is 17.8 Å². The number of aromatic carboxylic acids is 1. The van der Waals surface area contributed by atoms with E-state index < -0.39 is 5.97 Å². The summed E-state index contributed by atoms with van der Waals surface area (Å²) in [6.07, 6.45) is 3.85. The average molecular weight is 291 g/mol. The average Bonchev–Trinajstić information content (AvgIpc) is 3.01. The van der Waals surface area contributed by atoms with Crippen molar-refractivity contribution in [1.82, 2.24) is 24.4 Å². The molecule has 0 spiro atoms. The smallest absolute Gasteiger partial charge is 0.358 e. The maximum absolute atomic E-state index is 11.2. The molecule has 8 heteroatoms. The third-order valence-electron chi connectivity index (χ3n) is 2.98. The van der Waals surface area contributed by atoms with Gasteiger partial charge in [-0.3, -0.25) is 4.40 Å². The van der Waals surface area contributed by atoms with Gasteiger partial charge < -0.3 is 5.11 Å². The lowest BCUT2D eigenvalue weighted by molar-refractivity contribution is 0.0688. The summed E-state index contributed by atoms with van der Waals surface area (Å²) in [5.41, 5.74) is 1.47. The molecule has 3 rings (SSSR count). The number of carboxylic acid groups (broad SMARTS) is 1. The molecular formula is C12H13N5O2S. The molecule has 0 bridgehead atoms. The number of fused-ring (bicyclic) bond motifs is 1. The Kier molecular flexibility index (Phi) is 3.01. The van der Waals surface area contributed by atoms with Crippen molar-refractivity contribution in [3.8, 4) is 0 Å². The molecule has 0 aliphatic carbocycles. The zero-order valence-electron chi connectivity index (χ0n) is 11.0.